The molecule has 0 heterocycles. The van der Waals surface area contributed by atoms with Gasteiger partial charge >= 0.3 is 0 Å². The van der Waals surface area contributed by atoms with Gasteiger partial charge in [0.25, 0.3) is 0 Å². The van der Waals surface area contributed by atoms with Gasteiger partial charge in [-0.25, -0.2) is 0 Å². The molecule has 0 aliphatic heterocycles. The quantitative estimate of drug-likeness (QED) is 0.723. The molecule has 4 heteroatoms. The molecule has 1 amide bonds. The van der Waals surface area contributed by atoms with Crippen molar-refractivity contribution >= 4 is 5.91 Å². The fourth-order valence-electron chi connectivity index (χ4n) is 2.00. The molecule has 0 aliphatic rings. The van der Waals surface area contributed by atoms with Crippen molar-refractivity contribution in [2.24, 2.45) is 0 Å². The molecule has 0 atom stereocenters. The lowest BCUT2D eigenvalue weighted by Gasteiger charge is -2.18. The molecule has 0 aliphatic carbocycles. The molecule has 4 nitrogen and oxygen atoms in total. The molecule has 2 N–H and O–H groups in total. The summed E-state index contributed by atoms with van der Waals surface area (Å²) in [7, 11) is 1.85. The minimum Gasteiger partial charge on any atom is -0.352 e. The van der Waals surface area contributed by atoms with Crippen molar-refractivity contribution in [2.75, 3.05) is 26.7 Å². The Labute approximate surface area is 122 Å². The average molecular weight is 277 g/mol. The Balaban J connectivity index is 2.40. The summed E-state index contributed by atoms with van der Waals surface area (Å²) in [4.78, 5) is 13.9. The van der Waals surface area contributed by atoms with Crippen LogP contribution in [0.1, 0.15) is 31.4 Å². The van der Waals surface area contributed by atoms with Crippen molar-refractivity contribution in [1.29, 1.82) is 0 Å². The number of amides is 1. The molecule has 1 aromatic rings. The Morgan fingerprint density at radius 1 is 1.10 bits per heavy atom. The van der Waals surface area contributed by atoms with E-state index in [2.05, 4.69) is 53.6 Å². The molecule has 0 saturated heterocycles. The second kappa shape index (κ2) is 9.50. The molecule has 112 valence electrons. The zero-order valence-corrected chi connectivity index (χ0v) is 12.9. The standard InChI is InChI=1S/C16H27N3O/c1-4-19(5-2)13-15-8-6-14(7-9-15)12-18-16(20)10-11-17-3/h6-9,17H,4-5,10-13H2,1-3H3,(H,18,20). The van der Waals surface area contributed by atoms with E-state index in [0.29, 0.717) is 19.5 Å². The van der Waals surface area contributed by atoms with Crippen LogP contribution in [-0.4, -0.2) is 37.5 Å². The lowest BCUT2D eigenvalue weighted by atomic mass is 10.1. The van der Waals surface area contributed by atoms with Crippen LogP contribution in [0, 0.1) is 0 Å². The van der Waals surface area contributed by atoms with Gasteiger partial charge in [-0.05, 0) is 31.3 Å². The second-order valence-electron chi connectivity index (χ2n) is 4.91. The van der Waals surface area contributed by atoms with Gasteiger partial charge in [0.2, 0.25) is 5.91 Å². The van der Waals surface area contributed by atoms with Gasteiger partial charge in [-0.15, -0.1) is 0 Å². The smallest absolute Gasteiger partial charge is 0.221 e. The zero-order chi connectivity index (χ0) is 14.8. The van der Waals surface area contributed by atoms with Crippen LogP contribution in [0.25, 0.3) is 0 Å². The SMILES string of the molecule is CCN(CC)Cc1ccc(CNC(=O)CCNC)cc1. The maximum Gasteiger partial charge on any atom is 0.221 e. The summed E-state index contributed by atoms with van der Waals surface area (Å²) >= 11 is 0. The number of hydrogen-bond acceptors (Lipinski definition) is 3. The maximum atomic E-state index is 11.5. The van der Waals surface area contributed by atoms with Gasteiger partial charge < -0.3 is 10.6 Å². The van der Waals surface area contributed by atoms with E-state index in [-0.39, 0.29) is 5.91 Å². The maximum absolute atomic E-state index is 11.5. The predicted molar refractivity (Wildman–Crippen MR) is 83.5 cm³/mol. The number of carbonyl (C=O) groups excluding carboxylic acids is 1. The molecule has 20 heavy (non-hydrogen) atoms. The van der Waals surface area contributed by atoms with Crippen LogP contribution in [0.5, 0.6) is 0 Å². The van der Waals surface area contributed by atoms with E-state index in [0.717, 1.165) is 25.2 Å². The van der Waals surface area contributed by atoms with Gasteiger partial charge in [-0.2, -0.15) is 0 Å². The molecule has 1 rings (SSSR count). The molecular weight excluding hydrogens is 250 g/mol. The molecule has 0 aromatic heterocycles. The van der Waals surface area contributed by atoms with Crippen molar-refractivity contribution < 1.29 is 4.79 Å². The number of nitrogens with one attached hydrogen (secondary N) is 2. The summed E-state index contributed by atoms with van der Waals surface area (Å²) in [6.45, 7) is 8.81. The Bertz CT molecular complexity index is 385. The molecule has 1 aromatic carbocycles. The van der Waals surface area contributed by atoms with E-state index in [1.54, 1.807) is 0 Å². The van der Waals surface area contributed by atoms with Crippen molar-refractivity contribution in [3.05, 3.63) is 35.4 Å². The van der Waals surface area contributed by atoms with E-state index in [4.69, 9.17) is 0 Å². The third-order valence-electron chi connectivity index (χ3n) is 3.42. The van der Waals surface area contributed by atoms with Crippen LogP contribution >= 0.6 is 0 Å². The van der Waals surface area contributed by atoms with Crippen LogP contribution in [0.3, 0.4) is 0 Å². The summed E-state index contributed by atoms with van der Waals surface area (Å²) in [5.74, 6) is 0.0894. The lowest BCUT2D eigenvalue weighted by molar-refractivity contribution is -0.121. The first-order valence-electron chi connectivity index (χ1n) is 7.41. The molecular formula is C16H27N3O. The minimum absolute atomic E-state index is 0.0894. The molecule has 0 fully saturated rings. The van der Waals surface area contributed by atoms with Gasteiger partial charge in [0.15, 0.2) is 0 Å². The van der Waals surface area contributed by atoms with Crippen molar-refractivity contribution in [2.45, 2.75) is 33.4 Å². The molecule has 0 bridgehead atoms. The lowest BCUT2D eigenvalue weighted by Crippen LogP contribution is -2.26. The number of benzene rings is 1. The first kappa shape index (κ1) is 16.7. The highest BCUT2D eigenvalue weighted by molar-refractivity contribution is 5.76. The van der Waals surface area contributed by atoms with Crippen LogP contribution in [-0.2, 0) is 17.9 Å². The van der Waals surface area contributed by atoms with Crippen LogP contribution in [0.2, 0.25) is 0 Å². The van der Waals surface area contributed by atoms with Crippen LogP contribution in [0.4, 0.5) is 0 Å². The van der Waals surface area contributed by atoms with Gasteiger partial charge in [-0.3, -0.25) is 9.69 Å². The van der Waals surface area contributed by atoms with Gasteiger partial charge in [0, 0.05) is 26.1 Å². The van der Waals surface area contributed by atoms with Crippen molar-refractivity contribution in [1.82, 2.24) is 15.5 Å². The first-order chi connectivity index (χ1) is 9.69. The summed E-state index contributed by atoms with van der Waals surface area (Å²) in [5, 5.41) is 5.89. The summed E-state index contributed by atoms with van der Waals surface area (Å²) in [6, 6.07) is 8.48. The van der Waals surface area contributed by atoms with E-state index in [9.17, 15) is 4.79 Å². The Morgan fingerprint density at radius 3 is 2.25 bits per heavy atom. The van der Waals surface area contributed by atoms with Crippen molar-refractivity contribution in [3.8, 4) is 0 Å². The predicted octanol–water partition coefficient (Wildman–Crippen LogP) is 1.75. The minimum atomic E-state index is 0.0894. The largest absolute Gasteiger partial charge is 0.352 e. The number of carbonyl (C=O) groups is 1. The highest BCUT2D eigenvalue weighted by Gasteiger charge is 2.02. The fourth-order valence-corrected chi connectivity index (χ4v) is 2.00. The normalized spacial score (nSPS) is 10.8. The van der Waals surface area contributed by atoms with E-state index < -0.39 is 0 Å². The van der Waals surface area contributed by atoms with Crippen molar-refractivity contribution in [3.63, 3.8) is 0 Å². The van der Waals surface area contributed by atoms with E-state index >= 15 is 0 Å². The molecule has 0 saturated carbocycles. The van der Waals surface area contributed by atoms with Gasteiger partial charge in [0.1, 0.15) is 0 Å². The number of nitrogens with zero attached hydrogens (tertiary/aromatic N) is 1. The van der Waals surface area contributed by atoms with Gasteiger partial charge in [-0.1, -0.05) is 38.1 Å². The summed E-state index contributed by atoms with van der Waals surface area (Å²) in [6.07, 6.45) is 0.524. The zero-order valence-electron chi connectivity index (χ0n) is 12.9. The fraction of sp³-hybridized carbons (Fsp3) is 0.562. The monoisotopic (exact) mass is 277 g/mol. The highest BCUT2D eigenvalue weighted by Crippen LogP contribution is 2.07. The van der Waals surface area contributed by atoms with Crippen LogP contribution < -0.4 is 10.6 Å². The average Bonchev–Trinajstić information content (AvgIpc) is 2.49. The Morgan fingerprint density at radius 2 is 1.70 bits per heavy atom. The van der Waals surface area contributed by atoms with Gasteiger partial charge in [0.05, 0.1) is 0 Å². The van der Waals surface area contributed by atoms with Crippen LogP contribution in [0.15, 0.2) is 24.3 Å². The summed E-state index contributed by atoms with van der Waals surface area (Å²) in [5.41, 5.74) is 2.46. The third kappa shape index (κ3) is 6.17. The molecule has 0 spiro atoms. The Hall–Kier alpha value is -1.39. The number of rotatable bonds is 9. The highest BCUT2D eigenvalue weighted by atomic mass is 16.1. The Kier molecular flexibility index (Phi) is 7.92. The summed E-state index contributed by atoms with van der Waals surface area (Å²) < 4.78 is 0. The second-order valence-corrected chi connectivity index (χ2v) is 4.91. The van der Waals surface area contributed by atoms with E-state index in [1.165, 1.54) is 5.56 Å². The molecule has 0 radical (unpaired) electrons. The molecule has 0 unspecified atom stereocenters. The first-order valence-corrected chi connectivity index (χ1v) is 7.41. The number of hydrogen-bond donors (Lipinski definition) is 2. The third-order valence-corrected chi connectivity index (χ3v) is 3.42. The van der Waals surface area contributed by atoms with E-state index in [1.807, 2.05) is 7.05 Å². The topological polar surface area (TPSA) is 44.4 Å².